The fourth-order valence-electron chi connectivity index (χ4n) is 2.59. The molecule has 0 aromatic rings. The van der Waals surface area contributed by atoms with Gasteiger partial charge in [-0.2, -0.15) is 0 Å². The molecule has 102 valence electrons. The summed E-state index contributed by atoms with van der Waals surface area (Å²) in [5, 5.41) is 12.7. The minimum Gasteiger partial charge on any atom is -0.395 e. The Hall–Kier alpha value is -0.120. The molecular weight excluding hydrogens is 212 g/mol. The molecule has 0 radical (unpaired) electrons. The molecule has 1 rings (SSSR count). The molecule has 0 aliphatic carbocycles. The highest BCUT2D eigenvalue weighted by atomic mass is 16.3. The van der Waals surface area contributed by atoms with Crippen molar-refractivity contribution in [1.29, 1.82) is 0 Å². The van der Waals surface area contributed by atoms with Crippen LogP contribution < -0.4 is 5.32 Å². The number of aliphatic hydroxyl groups is 1. The molecule has 1 saturated heterocycles. The van der Waals surface area contributed by atoms with Crippen LogP contribution in [0.25, 0.3) is 0 Å². The molecule has 0 aromatic heterocycles. The van der Waals surface area contributed by atoms with E-state index < -0.39 is 0 Å². The maximum Gasteiger partial charge on any atom is 0.0585 e. The lowest BCUT2D eigenvalue weighted by atomic mass is 9.88. The standard InChI is InChI=1S/C14H30N2O/c1-11(2)15-14(10-17)6-8-16-7-5-12(3)13(4)9-16/h11-15,17H,5-10H2,1-4H3. The number of likely N-dealkylation sites (tertiary alicyclic amines) is 1. The second-order valence-electron chi connectivity index (χ2n) is 6.03. The second kappa shape index (κ2) is 7.34. The second-order valence-corrected chi connectivity index (χ2v) is 6.03. The summed E-state index contributed by atoms with van der Waals surface area (Å²) in [6.45, 7) is 12.8. The number of nitrogens with zero attached hydrogens (tertiary/aromatic N) is 1. The normalized spacial score (nSPS) is 28.6. The fraction of sp³-hybridized carbons (Fsp3) is 1.00. The number of hydrogen-bond acceptors (Lipinski definition) is 3. The molecule has 0 saturated carbocycles. The van der Waals surface area contributed by atoms with Gasteiger partial charge in [0, 0.05) is 18.6 Å². The highest BCUT2D eigenvalue weighted by Gasteiger charge is 2.22. The van der Waals surface area contributed by atoms with Crippen molar-refractivity contribution in [2.45, 2.75) is 52.6 Å². The van der Waals surface area contributed by atoms with Crippen LogP contribution in [-0.2, 0) is 0 Å². The molecule has 17 heavy (non-hydrogen) atoms. The summed E-state index contributed by atoms with van der Waals surface area (Å²) in [6.07, 6.45) is 2.37. The molecule has 3 atom stereocenters. The van der Waals surface area contributed by atoms with Crippen molar-refractivity contribution in [1.82, 2.24) is 10.2 Å². The van der Waals surface area contributed by atoms with Crippen molar-refractivity contribution < 1.29 is 5.11 Å². The van der Waals surface area contributed by atoms with E-state index in [4.69, 9.17) is 0 Å². The van der Waals surface area contributed by atoms with Gasteiger partial charge in [-0.25, -0.2) is 0 Å². The van der Waals surface area contributed by atoms with Crippen molar-refractivity contribution >= 4 is 0 Å². The Labute approximate surface area is 107 Å². The Morgan fingerprint density at radius 3 is 2.53 bits per heavy atom. The summed E-state index contributed by atoms with van der Waals surface area (Å²) in [6, 6.07) is 0.706. The van der Waals surface area contributed by atoms with E-state index in [1.165, 1.54) is 19.5 Å². The summed E-state index contributed by atoms with van der Waals surface area (Å²) in [5.41, 5.74) is 0. The minimum absolute atomic E-state index is 0.248. The van der Waals surface area contributed by atoms with Gasteiger partial charge in [-0.1, -0.05) is 27.7 Å². The molecule has 0 spiro atoms. The first-order valence-corrected chi connectivity index (χ1v) is 7.12. The van der Waals surface area contributed by atoms with Gasteiger partial charge in [0.25, 0.3) is 0 Å². The van der Waals surface area contributed by atoms with Crippen molar-refractivity contribution in [2.75, 3.05) is 26.2 Å². The molecule has 3 unspecified atom stereocenters. The molecule has 1 aliphatic rings. The van der Waals surface area contributed by atoms with Crippen LogP contribution in [0, 0.1) is 11.8 Å². The zero-order valence-corrected chi connectivity index (χ0v) is 11.9. The van der Waals surface area contributed by atoms with Gasteiger partial charge in [-0.05, 0) is 37.8 Å². The van der Waals surface area contributed by atoms with Crippen LogP contribution in [0.5, 0.6) is 0 Å². The zero-order valence-electron chi connectivity index (χ0n) is 11.9. The number of nitrogens with one attached hydrogen (secondary N) is 1. The summed E-state index contributed by atoms with van der Waals surface area (Å²) < 4.78 is 0. The van der Waals surface area contributed by atoms with Crippen molar-refractivity contribution in [2.24, 2.45) is 11.8 Å². The van der Waals surface area contributed by atoms with Gasteiger partial charge in [-0.15, -0.1) is 0 Å². The lowest BCUT2D eigenvalue weighted by molar-refractivity contribution is 0.126. The number of rotatable bonds is 6. The molecular formula is C14H30N2O. The highest BCUT2D eigenvalue weighted by molar-refractivity contribution is 4.77. The fourth-order valence-corrected chi connectivity index (χ4v) is 2.59. The van der Waals surface area contributed by atoms with Crippen LogP contribution in [-0.4, -0.2) is 48.3 Å². The van der Waals surface area contributed by atoms with E-state index in [-0.39, 0.29) is 12.6 Å². The van der Waals surface area contributed by atoms with Crippen LogP contribution in [0.2, 0.25) is 0 Å². The van der Waals surface area contributed by atoms with Crippen LogP contribution in [0.15, 0.2) is 0 Å². The first-order chi connectivity index (χ1) is 8.02. The first kappa shape index (κ1) is 14.9. The summed E-state index contributed by atoms with van der Waals surface area (Å²) >= 11 is 0. The van der Waals surface area contributed by atoms with Gasteiger partial charge in [0.2, 0.25) is 0 Å². The van der Waals surface area contributed by atoms with E-state index in [0.717, 1.165) is 24.8 Å². The molecule has 0 amide bonds. The Balaban J connectivity index is 2.25. The first-order valence-electron chi connectivity index (χ1n) is 7.12. The van der Waals surface area contributed by atoms with E-state index >= 15 is 0 Å². The zero-order chi connectivity index (χ0) is 12.8. The van der Waals surface area contributed by atoms with Crippen LogP contribution in [0.3, 0.4) is 0 Å². The third kappa shape index (κ3) is 5.36. The average molecular weight is 242 g/mol. The van der Waals surface area contributed by atoms with Gasteiger partial charge >= 0.3 is 0 Å². The Kier molecular flexibility index (Phi) is 6.45. The molecule has 1 heterocycles. The van der Waals surface area contributed by atoms with Crippen molar-refractivity contribution in [3.05, 3.63) is 0 Å². The Morgan fingerprint density at radius 1 is 1.29 bits per heavy atom. The molecule has 3 nitrogen and oxygen atoms in total. The van der Waals surface area contributed by atoms with Gasteiger partial charge in [0.1, 0.15) is 0 Å². The van der Waals surface area contributed by atoms with Gasteiger partial charge in [0.05, 0.1) is 6.61 Å². The number of hydrogen-bond donors (Lipinski definition) is 2. The van der Waals surface area contributed by atoms with Crippen molar-refractivity contribution in [3.63, 3.8) is 0 Å². The lowest BCUT2D eigenvalue weighted by Crippen LogP contribution is -2.43. The third-order valence-corrected chi connectivity index (χ3v) is 4.00. The van der Waals surface area contributed by atoms with Gasteiger partial charge < -0.3 is 15.3 Å². The summed E-state index contributed by atoms with van der Waals surface area (Å²) in [5.74, 6) is 1.68. The van der Waals surface area contributed by atoms with Gasteiger partial charge in [0.15, 0.2) is 0 Å². The molecule has 3 heteroatoms. The maximum absolute atomic E-state index is 9.32. The van der Waals surface area contributed by atoms with E-state index in [9.17, 15) is 5.11 Å². The van der Waals surface area contributed by atoms with Crippen molar-refractivity contribution in [3.8, 4) is 0 Å². The van der Waals surface area contributed by atoms with E-state index in [1.54, 1.807) is 0 Å². The predicted octanol–water partition coefficient (Wildman–Crippen LogP) is 1.71. The number of aliphatic hydroxyl groups excluding tert-OH is 1. The smallest absolute Gasteiger partial charge is 0.0585 e. The number of piperidine rings is 1. The van der Waals surface area contributed by atoms with E-state index in [1.807, 2.05) is 0 Å². The highest BCUT2D eigenvalue weighted by Crippen LogP contribution is 2.22. The topological polar surface area (TPSA) is 35.5 Å². The van der Waals surface area contributed by atoms with E-state index in [2.05, 4.69) is 37.9 Å². The Bertz CT molecular complexity index is 208. The SMILES string of the molecule is CC(C)NC(CO)CCN1CCC(C)C(C)C1. The van der Waals surface area contributed by atoms with Crippen LogP contribution in [0.4, 0.5) is 0 Å². The molecule has 2 N–H and O–H groups in total. The minimum atomic E-state index is 0.248. The average Bonchev–Trinajstić information content (AvgIpc) is 2.28. The van der Waals surface area contributed by atoms with Crippen LogP contribution >= 0.6 is 0 Å². The molecule has 0 aromatic carbocycles. The van der Waals surface area contributed by atoms with Gasteiger partial charge in [-0.3, -0.25) is 0 Å². The molecule has 0 bridgehead atoms. The van der Waals surface area contributed by atoms with Crippen LogP contribution in [0.1, 0.15) is 40.5 Å². The Morgan fingerprint density at radius 2 is 2.00 bits per heavy atom. The largest absolute Gasteiger partial charge is 0.395 e. The lowest BCUT2D eigenvalue weighted by Gasteiger charge is -2.36. The third-order valence-electron chi connectivity index (χ3n) is 4.00. The molecule has 1 fully saturated rings. The monoisotopic (exact) mass is 242 g/mol. The predicted molar refractivity (Wildman–Crippen MR) is 73.1 cm³/mol. The quantitative estimate of drug-likeness (QED) is 0.744. The summed E-state index contributed by atoms with van der Waals surface area (Å²) in [4.78, 5) is 2.55. The summed E-state index contributed by atoms with van der Waals surface area (Å²) in [7, 11) is 0. The molecule has 1 aliphatic heterocycles. The maximum atomic E-state index is 9.32. The van der Waals surface area contributed by atoms with E-state index in [0.29, 0.717) is 6.04 Å².